The molecule has 6 heteroatoms. The topological polar surface area (TPSA) is 72.5 Å². The quantitative estimate of drug-likeness (QED) is 0.807. The standard InChI is InChI=1S/C14H19NO4S/c1-19-14(16)9-11-5-7-13(8-6-11)20(17,18)15-10-12-3-2-4-12/h5-8,12,15H,2-4,9-10H2,1H3. The summed E-state index contributed by atoms with van der Waals surface area (Å²) >= 11 is 0. The van der Waals surface area contributed by atoms with Gasteiger partial charge in [0.2, 0.25) is 10.0 Å². The first-order chi connectivity index (χ1) is 9.51. The van der Waals surface area contributed by atoms with Gasteiger partial charge in [-0.2, -0.15) is 0 Å². The van der Waals surface area contributed by atoms with Gasteiger partial charge in [0.25, 0.3) is 0 Å². The summed E-state index contributed by atoms with van der Waals surface area (Å²) in [5.41, 5.74) is 0.731. The number of methoxy groups -OCH3 is 1. The van der Waals surface area contributed by atoms with Gasteiger partial charge in [-0.3, -0.25) is 4.79 Å². The molecule has 0 heterocycles. The molecule has 1 aliphatic rings. The van der Waals surface area contributed by atoms with E-state index in [0.29, 0.717) is 12.5 Å². The zero-order valence-corrected chi connectivity index (χ0v) is 12.3. The Morgan fingerprint density at radius 1 is 1.30 bits per heavy atom. The van der Waals surface area contributed by atoms with E-state index in [-0.39, 0.29) is 17.3 Å². The Morgan fingerprint density at radius 3 is 2.45 bits per heavy atom. The highest BCUT2D eigenvalue weighted by molar-refractivity contribution is 7.89. The molecular weight excluding hydrogens is 278 g/mol. The molecule has 0 bridgehead atoms. The van der Waals surface area contributed by atoms with Gasteiger partial charge in [0.1, 0.15) is 0 Å². The number of ether oxygens (including phenoxy) is 1. The number of sulfonamides is 1. The second-order valence-electron chi connectivity index (χ2n) is 5.05. The molecule has 0 radical (unpaired) electrons. The second-order valence-corrected chi connectivity index (χ2v) is 6.81. The van der Waals surface area contributed by atoms with Crippen LogP contribution in [0.5, 0.6) is 0 Å². The Balaban J connectivity index is 1.98. The smallest absolute Gasteiger partial charge is 0.309 e. The molecule has 0 spiro atoms. The van der Waals surface area contributed by atoms with E-state index in [1.165, 1.54) is 25.7 Å². The molecular formula is C14H19NO4S. The summed E-state index contributed by atoms with van der Waals surface area (Å²) in [5.74, 6) is 0.132. The molecule has 0 aromatic heterocycles. The molecule has 2 rings (SSSR count). The Kier molecular flexibility index (Phi) is 4.77. The van der Waals surface area contributed by atoms with E-state index >= 15 is 0 Å². The first-order valence-electron chi connectivity index (χ1n) is 6.66. The average molecular weight is 297 g/mol. The zero-order chi connectivity index (χ0) is 14.6. The highest BCUT2D eigenvalue weighted by Gasteiger charge is 2.21. The Labute approximate surface area is 119 Å². The highest BCUT2D eigenvalue weighted by atomic mass is 32.2. The van der Waals surface area contributed by atoms with E-state index in [0.717, 1.165) is 18.4 Å². The molecule has 5 nitrogen and oxygen atoms in total. The summed E-state index contributed by atoms with van der Waals surface area (Å²) in [6.07, 6.45) is 3.53. The van der Waals surface area contributed by atoms with Crippen LogP contribution in [-0.4, -0.2) is 28.0 Å². The maximum Gasteiger partial charge on any atom is 0.309 e. The summed E-state index contributed by atoms with van der Waals surface area (Å²) in [7, 11) is -2.12. The van der Waals surface area contributed by atoms with Crippen molar-refractivity contribution in [1.29, 1.82) is 0 Å². The summed E-state index contributed by atoms with van der Waals surface area (Å²) in [6.45, 7) is 0.506. The predicted molar refractivity (Wildman–Crippen MR) is 74.7 cm³/mol. The fourth-order valence-corrected chi connectivity index (χ4v) is 3.15. The third kappa shape index (κ3) is 3.80. The van der Waals surface area contributed by atoms with Gasteiger partial charge in [0, 0.05) is 6.54 Å². The summed E-state index contributed by atoms with van der Waals surface area (Å²) in [5, 5.41) is 0. The van der Waals surface area contributed by atoms with E-state index in [4.69, 9.17) is 0 Å². The van der Waals surface area contributed by atoms with E-state index in [9.17, 15) is 13.2 Å². The number of hydrogen-bond donors (Lipinski definition) is 1. The molecule has 0 saturated heterocycles. The maximum absolute atomic E-state index is 12.1. The van der Waals surface area contributed by atoms with Gasteiger partial charge in [-0.25, -0.2) is 13.1 Å². The lowest BCUT2D eigenvalue weighted by Crippen LogP contribution is -2.32. The second kappa shape index (κ2) is 6.37. The minimum absolute atomic E-state index is 0.145. The number of hydrogen-bond acceptors (Lipinski definition) is 4. The van der Waals surface area contributed by atoms with Crippen LogP contribution in [0.2, 0.25) is 0 Å². The fourth-order valence-electron chi connectivity index (χ4n) is 2.03. The zero-order valence-electron chi connectivity index (χ0n) is 11.5. The lowest BCUT2D eigenvalue weighted by atomic mass is 9.86. The van der Waals surface area contributed by atoms with Crippen molar-refractivity contribution in [2.45, 2.75) is 30.6 Å². The first-order valence-corrected chi connectivity index (χ1v) is 8.15. The molecule has 1 aromatic rings. The monoisotopic (exact) mass is 297 g/mol. The van der Waals surface area contributed by atoms with Crippen LogP contribution < -0.4 is 4.72 Å². The third-order valence-corrected chi connectivity index (χ3v) is 5.04. The van der Waals surface area contributed by atoms with Crippen LogP contribution >= 0.6 is 0 Å². The third-order valence-electron chi connectivity index (χ3n) is 3.60. The number of benzene rings is 1. The van der Waals surface area contributed by atoms with E-state index in [1.54, 1.807) is 12.1 Å². The van der Waals surface area contributed by atoms with E-state index in [2.05, 4.69) is 9.46 Å². The molecule has 20 heavy (non-hydrogen) atoms. The molecule has 0 amide bonds. The number of esters is 1. The van der Waals surface area contributed by atoms with E-state index < -0.39 is 10.0 Å². The normalized spacial score (nSPS) is 15.7. The van der Waals surface area contributed by atoms with Crippen molar-refractivity contribution in [3.05, 3.63) is 29.8 Å². The molecule has 0 unspecified atom stereocenters. The Hall–Kier alpha value is -1.40. The van der Waals surface area contributed by atoms with Gasteiger partial charge < -0.3 is 4.74 Å². The largest absolute Gasteiger partial charge is 0.469 e. The van der Waals surface area contributed by atoms with Crippen LogP contribution in [0.4, 0.5) is 0 Å². The lowest BCUT2D eigenvalue weighted by Gasteiger charge is -2.25. The van der Waals surface area contributed by atoms with Gasteiger partial charge in [-0.05, 0) is 36.5 Å². The number of nitrogens with one attached hydrogen (secondary N) is 1. The van der Waals surface area contributed by atoms with Crippen molar-refractivity contribution in [3.63, 3.8) is 0 Å². The van der Waals surface area contributed by atoms with Crippen molar-refractivity contribution in [2.24, 2.45) is 5.92 Å². The summed E-state index contributed by atoms with van der Waals surface area (Å²) in [6, 6.07) is 6.30. The first kappa shape index (κ1) is 15.0. The van der Waals surface area contributed by atoms with Crippen molar-refractivity contribution in [1.82, 2.24) is 4.72 Å². The number of carbonyl (C=O) groups excluding carboxylic acids is 1. The van der Waals surface area contributed by atoms with E-state index in [1.807, 2.05) is 0 Å². The van der Waals surface area contributed by atoms with Crippen molar-refractivity contribution < 1.29 is 17.9 Å². The van der Waals surface area contributed by atoms with Gasteiger partial charge in [-0.15, -0.1) is 0 Å². The molecule has 110 valence electrons. The average Bonchev–Trinajstić information content (AvgIpc) is 2.37. The maximum atomic E-state index is 12.1. The minimum Gasteiger partial charge on any atom is -0.469 e. The molecule has 1 N–H and O–H groups in total. The lowest BCUT2D eigenvalue weighted by molar-refractivity contribution is -0.139. The van der Waals surface area contributed by atoms with Crippen molar-refractivity contribution in [2.75, 3.05) is 13.7 Å². The van der Waals surface area contributed by atoms with Crippen molar-refractivity contribution >= 4 is 16.0 Å². The molecule has 0 aliphatic heterocycles. The SMILES string of the molecule is COC(=O)Cc1ccc(S(=O)(=O)NCC2CCC2)cc1. The van der Waals surface area contributed by atoms with Crippen LogP contribution in [0.15, 0.2) is 29.2 Å². The summed E-state index contributed by atoms with van der Waals surface area (Å²) < 4.78 is 31.3. The number of rotatable bonds is 6. The van der Waals surface area contributed by atoms with Crippen LogP contribution in [0.3, 0.4) is 0 Å². The van der Waals surface area contributed by atoms with Crippen LogP contribution in [0.1, 0.15) is 24.8 Å². The van der Waals surface area contributed by atoms with Crippen LogP contribution in [0, 0.1) is 5.92 Å². The van der Waals surface area contributed by atoms with Crippen molar-refractivity contribution in [3.8, 4) is 0 Å². The predicted octanol–water partition coefficient (Wildman–Crippen LogP) is 1.48. The molecule has 1 saturated carbocycles. The van der Waals surface area contributed by atoms with Crippen LogP contribution in [0.25, 0.3) is 0 Å². The molecule has 1 fully saturated rings. The molecule has 1 aromatic carbocycles. The highest BCUT2D eigenvalue weighted by Crippen LogP contribution is 2.25. The molecule has 0 atom stereocenters. The van der Waals surface area contributed by atoms with Gasteiger partial charge >= 0.3 is 5.97 Å². The van der Waals surface area contributed by atoms with Gasteiger partial charge in [0.05, 0.1) is 18.4 Å². The van der Waals surface area contributed by atoms with Gasteiger partial charge in [0.15, 0.2) is 0 Å². The minimum atomic E-state index is -3.45. The fraction of sp³-hybridized carbons (Fsp3) is 0.500. The number of carbonyl (C=O) groups is 1. The molecule has 1 aliphatic carbocycles. The van der Waals surface area contributed by atoms with Crippen LogP contribution in [-0.2, 0) is 26.0 Å². The summed E-state index contributed by atoms with van der Waals surface area (Å²) in [4.78, 5) is 11.4. The van der Waals surface area contributed by atoms with Gasteiger partial charge in [-0.1, -0.05) is 18.6 Å². The Morgan fingerprint density at radius 2 is 1.95 bits per heavy atom. The Bertz CT molecular complexity index is 561.